The van der Waals surface area contributed by atoms with E-state index in [2.05, 4.69) is 0 Å². The molecule has 0 spiro atoms. The first kappa shape index (κ1) is 23.8. The predicted octanol–water partition coefficient (Wildman–Crippen LogP) is 5.55. The quantitative estimate of drug-likeness (QED) is 0.611. The first-order valence-corrected chi connectivity index (χ1v) is 8.89. The Morgan fingerprint density at radius 2 is 1.66 bits per heavy atom. The molecule has 0 saturated heterocycles. The molecule has 1 N–H and O–H groups in total. The van der Waals surface area contributed by atoms with Gasteiger partial charge in [-0.25, -0.2) is 0 Å². The lowest BCUT2D eigenvalue weighted by Crippen LogP contribution is -2.47. The van der Waals surface area contributed by atoms with E-state index in [0.717, 1.165) is 23.1 Å². The monoisotopic (exact) mass is 437 g/mol. The van der Waals surface area contributed by atoms with Crippen LogP contribution >= 0.6 is 0 Å². The number of nitrogens with zero attached hydrogens (tertiary/aromatic N) is 1. The molecule has 29 heavy (non-hydrogen) atoms. The SMILES string of the molecule is OC(CN(Cc1cccc(C(F)(F)F)c1)C1CCCC(C(F)(F)F)C1)C(F)(F)F. The maximum Gasteiger partial charge on any atom is 0.416 e. The van der Waals surface area contributed by atoms with E-state index in [1.54, 1.807) is 0 Å². The highest BCUT2D eigenvalue weighted by molar-refractivity contribution is 5.25. The Morgan fingerprint density at radius 3 is 2.21 bits per heavy atom. The highest BCUT2D eigenvalue weighted by atomic mass is 19.4. The molecule has 3 atom stereocenters. The summed E-state index contributed by atoms with van der Waals surface area (Å²) >= 11 is 0. The number of hydrogen-bond acceptors (Lipinski definition) is 2. The van der Waals surface area contributed by atoms with Crippen LogP contribution in [0.5, 0.6) is 0 Å². The molecule has 0 aromatic heterocycles. The molecular formula is C18H20F9NO. The Labute approximate surface area is 161 Å². The Kier molecular flexibility index (Phi) is 7.14. The minimum Gasteiger partial charge on any atom is -0.382 e. The summed E-state index contributed by atoms with van der Waals surface area (Å²) in [5, 5.41) is 9.41. The van der Waals surface area contributed by atoms with Crippen LogP contribution in [0.2, 0.25) is 0 Å². The van der Waals surface area contributed by atoms with E-state index < -0.39 is 61.7 Å². The smallest absolute Gasteiger partial charge is 0.382 e. The molecule has 0 bridgehead atoms. The molecule has 0 amide bonds. The van der Waals surface area contributed by atoms with Crippen molar-refractivity contribution in [3.63, 3.8) is 0 Å². The Balaban J connectivity index is 2.26. The molecule has 1 aliphatic carbocycles. The first-order valence-electron chi connectivity index (χ1n) is 8.89. The number of halogens is 9. The first-order chi connectivity index (χ1) is 13.2. The summed E-state index contributed by atoms with van der Waals surface area (Å²) in [6.07, 6.45) is -17.3. The second-order valence-electron chi connectivity index (χ2n) is 7.24. The third-order valence-electron chi connectivity index (χ3n) is 5.05. The van der Waals surface area contributed by atoms with Crippen LogP contribution in [0.1, 0.15) is 36.8 Å². The van der Waals surface area contributed by atoms with Crippen LogP contribution in [0.3, 0.4) is 0 Å². The van der Waals surface area contributed by atoms with E-state index in [4.69, 9.17) is 0 Å². The average Bonchev–Trinajstić information content (AvgIpc) is 2.59. The molecule has 11 heteroatoms. The second-order valence-corrected chi connectivity index (χ2v) is 7.24. The summed E-state index contributed by atoms with van der Waals surface area (Å²) in [7, 11) is 0. The Hall–Kier alpha value is -1.49. The van der Waals surface area contributed by atoms with E-state index in [0.29, 0.717) is 0 Å². The van der Waals surface area contributed by atoms with Gasteiger partial charge in [-0.15, -0.1) is 0 Å². The van der Waals surface area contributed by atoms with Crippen LogP contribution in [0.15, 0.2) is 24.3 Å². The van der Waals surface area contributed by atoms with E-state index >= 15 is 0 Å². The maximum atomic E-state index is 13.1. The molecule has 2 rings (SSSR count). The van der Waals surface area contributed by atoms with E-state index in [1.165, 1.54) is 6.07 Å². The van der Waals surface area contributed by atoms with Crippen molar-refractivity contribution in [1.82, 2.24) is 4.90 Å². The van der Waals surface area contributed by atoms with Crippen molar-refractivity contribution in [3.05, 3.63) is 35.4 Å². The van der Waals surface area contributed by atoms with Gasteiger partial charge < -0.3 is 5.11 Å². The van der Waals surface area contributed by atoms with Crippen LogP contribution in [0, 0.1) is 5.92 Å². The fourth-order valence-electron chi connectivity index (χ4n) is 3.54. The molecule has 166 valence electrons. The highest BCUT2D eigenvalue weighted by Crippen LogP contribution is 2.40. The lowest BCUT2D eigenvalue weighted by atomic mass is 9.84. The van der Waals surface area contributed by atoms with Gasteiger partial charge in [0.05, 0.1) is 11.5 Å². The van der Waals surface area contributed by atoms with Crippen molar-refractivity contribution in [2.75, 3.05) is 6.54 Å². The molecule has 3 unspecified atom stereocenters. The lowest BCUT2D eigenvalue weighted by molar-refractivity contribution is -0.213. The molecule has 1 aromatic rings. The van der Waals surface area contributed by atoms with Crippen molar-refractivity contribution in [1.29, 1.82) is 0 Å². The van der Waals surface area contributed by atoms with Gasteiger partial charge in [0.2, 0.25) is 0 Å². The number of aliphatic hydroxyl groups is 1. The zero-order valence-electron chi connectivity index (χ0n) is 15.1. The standard InChI is InChI=1S/C18H20F9NO/c19-16(20,21)12-4-1-3-11(7-12)9-28(10-15(29)18(25,26)27)14-6-2-5-13(8-14)17(22,23)24/h1,3-4,7,13-15,29H,2,5-6,8-10H2. The normalized spacial score (nSPS) is 22.7. The van der Waals surface area contributed by atoms with Crippen LogP contribution < -0.4 is 0 Å². The van der Waals surface area contributed by atoms with Gasteiger partial charge in [0.25, 0.3) is 0 Å². The van der Waals surface area contributed by atoms with Crippen LogP contribution in [0.25, 0.3) is 0 Å². The number of aliphatic hydroxyl groups excluding tert-OH is 1. The van der Waals surface area contributed by atoms with Gasteiger partial charge in [-0.2, -0.15) is 39.5 Å². The van der Waals surface area contributed by atoms with Crippen molar-refractivity contribution in [2.24, 2.45) is 5.92 Å². The van der Waals surface area contributed by atoms with E-state index in [1.807, 2.05) is 0 Å². The molecule has 1 aliphatic rings. The van der Waals surface area contributed by atoms with Gasteiger partial charge in [0.15, 0.2) is 6.10 Å². The Morgan fingerprint density at radius 1 is 1.00 bits per heavy atom. The third-order valence-corrected chi connectivity index (χ3v) is 5.05. The van der Waals surface area contributed by atoms with Gasteiger partial charge in [0, 0.05) is 19.1 Å². The highest BCUT2D eigenvalue weighted by Gasteiger charge is 2.45. The summed E-state index contributed by atoms with van der Waals surface area (Å²) in [6, 6.07) is 2.93. The van der Waals surface area contributed by atoms with Crippen molar-refractivity contribution >= 4 is 0 Å². The fourth-order valence-corrected chi connectivity index (χ4v) is 3.54. The summed E-state index contributed by atoms with van der Waals surface area (Å²) < 4.78 is 116. The fraction of sp³-hybridized carbons (Fsp3) is 0.667. The molecule has 0 aliphatic heterocycles. The summed E-state index contributed by atoms with van der Waals surface area (Å²) in [5.41, 5.74) is -1.01. The topological polar surface area (TPSA) is 23.5 Å². The zero-order chi connectivity index (χ0) is 22.0. The van der Waals surface area contributed by atoms with E-state index in [9.17, 15) is 44.6 Å². The third kappa shape index (κ3) is 6.77. The summed E-state index contributed by atoms with van der Waals surface area (Å²) in [6.45, 7) is -1.46. The number of benzene rings is 1. The van der Waals surface area contributed by atoms with Gasteiger partial charge in [0.1, 0.15) is 0 Å². The van der Waals surface area contributed by atoms with Gasteiger partial charge >= 0.3 is 18.5 Å². The minimum atomic E-state index is -5.00. The maximum absolute atomic E-state index is 13.1. The Bertz CT molecular complexity index is 669. The molecule has 1 aromatic carbocycles. The molecular weight excluding hydrogens is 417 g/mol. The van der Waals surface area contributed by atoms with Crippen molar-refractivity contribution < 1.29 is 44.6 Å². The molecule has 0 heterocycles. The van der Waals surface area contributed by atoms with E-state index in [-0.39, 0.29) is 24.8 Å². The summed E-state index contributed by atoms with van der Waals surface area (Å²) in [4.78, 5) is 1.01. The van der Waals surface area contributed by atoms with Crippen LogP contribution in [-0.2, 0) is 12.7 Å². The minimum absolute atomic E-state index is 0.00308. The number of alkyl halides is 9. The van der Waals surface area contributed by atoms with Crippen molar-refractivity contribution in [3.8, 4) is 0 Å². The molecule has 1 saturated carbocycles. The van der Waals surface area contributed by atoms with Gasteiger partial charge in [-0.05, 0) is 30.9 Å². The second kappa shape index (κ2) is 8.71. The largest absolute Gasteiger partial charge is 0.416 e. The van der Waals surface area contributed by atoms with Gasteiger partial charge in [-0.1, -0.05) is 24.6 Å². The molecule has 1 fully saturated rings. The van der Waals surface area contributed by atoms with Crippen LogP contribution in [0.4, 0.5) is 39.5 Å². The lowest BCUT2D eigenvalue weighted by Gasteiger charge is -2.39. The molecule has 0 radical (unpaired) electrons. The van der Waals surface area contributed by atoms with Crippen molar-refractivity contribution in [2.45, 2.75) is 62.9 Å². The number of rotatable bonds is 5. The number of hydrogen-bond donors (Lipinski definition) is 1. The predicted molar refractivity (Wildman–Crippen MR) is 85.7 cm³/mol. The summed E-state index contributed by atoms with van der Waals surface area (Å²) in [5.74, 6) is -1.70. The van der Waals surface area contributed by atoms with Gasteiger partial charge in [-0.3, -0.25) is 4.90 Å². The van der Waals surface area contributed by atoms with Crippen LogP contribution in [-0.4, -0.2) is 41.0 Å². The molecule has 2 nitrogen and oxygen atoms in total. The zero-order valence-corrected chi connectivity index (χ0v) is 15.1. The average molecular weight is 437 g/mol.